The summed E-state index contributed by atoms with van der Waals surface area (Å²) in [7, 11) is 1.91. The Labute approximate surface area is 101 Å². The van der Waals surface area contributed by atoms with Crippen molar-refractivity contribution in [2.24, 2.45) is 0 Å². The molecule has 1 N–H and O–H groups in total. The van der Waals surface area contributed by atoms with E-state index in [2.05, 4.69) is 5.32 Å². The first-order valence-corrected chi connectivity index (χ1v) is 5.88. The Morgan fingerprint density at radius 1 is 1.47 bits per heavy atom. The Bertz CT molecular complexity index is 384. The molecule has 0 bridgehead atoms. The summed E-state index contributed by atoms with van der Waals surface area (Å²) >= 11 is 0. The molecule has 4 heteroatoms. The number of ether oxygens (including phenoxy) is 2. The fourth-order valence-electron chi connectivity index (χ4n) is 2.02. The summed E-state index contributed by atoms with van der Waals surface area (Å²) in [6.45, 7) is 3.20. The lowest BCUT2D eigenvalue weighted by Crippen LogP contribution is -2.48. The zero-order valence-corrected chi connectivity index (χ0v) is 10.2. The number of halogens is 1. The van der Waals surface area contributed by atoms with Gasteiger partial charge in [0, 0.05) is 18.7 Å². The van der Waals surface area contributed by atoms with Crippen LogP contribution >= 0.6 is 0 Å². The molecule has 2 unspecified atom stereocenters. The average Bonchev–Trinajstić information content (AvgIpc) is 2.34. The molecule has 1 aromatic rings. The molecule has 1 fully saturated rings. The summed E-state index contributed by atoms with van der Waals surface area (Å²) in [6, 6.07) is 4.85. The number of benzene rings is 1. The summed E-state index contributed by atoms with van der Waals surface area (Å²) in [6.07, 6.45) is 0.851. The van der Waals surface area contributed by atoms with Gasteiger partial charge >= 0.3 is 0 Å². The van der Waals surface area contributed by atoms with E-state index in [4.69, 9.17) is 9.47 Å². The highest BCUT2D eigenvalue weighted by molar-refractivity contribution is 5.33. The first-order valence-electron chi connectivity index (χ1n) is 5.88. The number of aryl methyl sites for hydroxylation is 1. The highest BCUT2D eigenvalue weighted by atomic mass is 19.1. The predicted octanol–water partition coefficient (Wildman–Crippen LogP) is 1.89. The van der Waals surface area contributed by atoms with Crippen LogP contribution < -0.4 is 10.1 Å². The number of rotatable bonds is 3. The molecule has 17 heavy (non-hydrogen) atoms. The monoisotopic (exact) mass is 239 g/mol. The summed E-state index contributed by atoms with van der Waals surface area (Å²) in [5.74, 6) is 0.323. The summed E-state index contributed by atoms with van der Waals surface area (Å²) in [5, 5.41) is 3.21. The van der Waals surface area contributed by atoms with Crippen molar-refractivity contribution in [1.82, 2.24) is 5.32 Å². The molecule has 0 spiro atoms. The maximum Gasteiger partial charge on any atom is 0.137 e. The van der Waals surface area contributed by atoms with Gasteiger partial charge in [0.05, 0.1) is 6.61 Å². The first kappa shape index (κ1) is 12.3. The Morgan fingerprint density at radius 3 is 3.06 bits per heavy atom. The minimum Gasteiger partial charge on any atom is -0.486 e. The van der Waals surface area contributed by atoms with Crippen LogP contribution in [0.15, 0.2) is 18.2 Å². The lowest BCUT2D eigenvalue weighted by molar-refractivity contribution is -0.0132. The van der Waals surface area contributed by atoms with E-state index in [1.165, 1.54) is 12.1 Å². The van der Waals surface area contributed by atoms with E-state index in [9.17, 15) is 4.39 Å². The van der Waals surface area contributed by atoms with Crippen LogP contribution in [-0.4, -0.2) is 32.4 Å². The van der Waals surface area contributed by atoms with Crippen molar-refractivity contribution in [3.63, 3.8) is 0 Å². The van der Waals surface area contributed by atoms with E-state index in [-0.39, 0.29) is 18.0 Å². The molecule has 3 nitrogen and oxygen atoms in total. The molecule has 1 saturated heterocycles. The molecule has 0 aromatic heterocycles. The fourth-order valence-corrected chi connectivity index (χ4v) is 2.02. The zero-order valence-electron chi connectivity index (χ0n) is 10.2. The third-order valence-electron chi connectivity index (χ3n) is 3.10. The number of hydrogen-bond acceptors (Lipinski definition) is 3. The van der Waals surface area contributed by atoms with Gasteiger partial charge in [-0.05, 0) is 32.0 Å². The van der Waals surface area contributed by atoms with Gasteiger partial charge in [-0.1, -0.05) is 6.07 Å². The highest BCUT2D eigenvalue weighted by Crippen LogP contribution is 2.22. The topological polar surface area (TPSA) is 30.5 Å². The lowest BCUT2D eigenvalue weighted by Gasteiger charge is -2.32. The Hall–Kier alpha value is -1.13. The Balaban J connectivity index is 2.10. The molecule has 94 valence electrons. The molecule has 0 radical (unpaired) electrons. The average molecular weight is 239 g/mol. The predicted molar refractivity (Wildman–Crippen MR) is 63.8 cm³/mol. The summed E-state index contributed by atoms with van der Waals surface area (Å²) < 4.78 is 24.4. The first-order chi connectivity index (χ1) is 8.20. The van der Waals surface area contributed by atoms with Gasteiger partial charge in [-0.25, -0.2) is 4.39 Å². The van der Waals surface area contributed by atoms with E-state index < -0.39 is 0 Å². The second-order valence-electron chi connectivity index (χ2n) is 4.32. The van der Waals surface area contributed by atoms with Crippen molar-refractivity contribution in [2.45, 2.75) is 25.5 Å². The van der Waals surface area contributed by atoms with Crippen LogP contribution in [0.3, 0.4) is 0 Å². The van der Waals surface area contributed by atoms with E-state index in [1.54, 1.807) is 6.07 Å². The minimum absolute atomic E-state index is 0.0609. The molecule has 0 aliphatic carbocycles. The Morgan fingerprint density at radius 2 is 2.29 bits per heavy atom. The van der Waals surface area contributed by atoms with Gasteiger partial charge in [0.15, 0.2) is 0 Å². The van der Waals surface area contributed by atoms with Crippen LogP contribution in [0.4, 0.5) is 4.39 Å². The third-order valence-corrected chi connectivity index (χ3v) is 3.10. The van der Waals surface area contributed by atoms with Gasteiger partial charge in [0.25, 0.3) is 0 Å². The fraction of sp³-hybridized carbons (Fsp3) is 0.538. The second kappa shape index (κ2) is 5.47. The number of nitrogens with one attached hydrogen (secondary N) is 1. The molecule has 2 atom stereocenters. The lowest BCUT2D eigenvalue weighted by atomic mass is 10.1. The standard InChI is InChI=1S/C13H18FNO2/c1-9-3-4-10(14)7-12(9)17-13-8-16-6-5-11(13)15-2/h3-4,7,11,13,15H,5-6,8H2,1-2H3. The summed E-state index contributed by atoms with van der Waals surface area (Å²) in [5.41, 5.74) is 0.937. The van der Waals surface area contributed by atoms with E-state index in [0.29, 0.717) is 12.4 Å². The molecule has 0 saturated carbocycles. The van der Waals surface area contributed by atoms with Gasteiger partial charge in [-0.2, -0.15) is 0 Å². The smallest absolute Gasteiger partial charge is 0.137 e. The van der Waals surface area contributed by atoms with Gasteiger partial charge in [-0.3, -0.25) is 0 Å². The maximum atomic E-state index is 13.2. The molecule has 0 amide bonds. The second-order valence-corrected chi connectivity index (χ2v) is 4.32. The quantitative estimate of drug-likeness (QED) is 0.873. The van der Waals surface area contributed by atoms with Crippen molar-refractivity contribution < 1.29 is 13.9 Å². The SMILES string of the molecule is CNC1CCOCC1Oc1cc(F)ccc1C. The normalized spacial score (nSPS) is 24.6. The van der Waals surface area contributed by atoms with Crippen LogP contribution in [-0.2, 0) is 4.74 Å². The van der Waals surface area contributed by atoms with Crippen LogP contribution in [0.1, 0.15) is 12.0 Å². The molecule has 1 aliphatic rings. The zero-order chi connectivity index (χ0) is 12.3. The molecule has 1 heterocycles. The van der Waals surface area contributed by atoms with Gasteiger partial charge in [-0.15, -0.1) is 0 Å². The van der Waals surface area contributed by atoms with Crippen molar-refractivity contribution in [2.75, 3.05) is 20.3 Å². The molecule has 1 aromatic carbocycles. The van der Waals surface area contributed by atoms with E-state index >= 15 is 0 Å². The van der Waals surface area contributed by atoms with Crippen molar-refractivity contribution >= 4 is 0 Å². The van der Waals surface area contributed by atoms with Crippen LogP contribution in [0.2, 0.25) is 0 Å². The van der Waals surface area contributed by atoms with Crippen LogP contribution in [0, 0.1) is 12.7 Å². The van der Waals surface area contributed by atoms with Gasteiger partial charge in [0.2, 0.25) is 0 Å². The number of likely N-dealkylation sites (N-methyl/N-ethyl adjacent to an activating group) is 1. The number of hydrogen-bond donors (Lipinski definition) is 1. The van der Waals surface area contributed by atoms with Gasteiger partial charge < -0.3 is 14.8 Å². The molecule has 2 rings (SSSR count). The largest absolute Gasteiger partial charge is 0.486 e. The van der Waals surface area contributed by atoms with Crippen LogP contribution in [0.25, 0.3) is 0 Å². The maximum absolute atomic E-state index is 13.2. The van der Waals surface area contributed by atoms with E-state index in [0.717, 1.165) is 18.6 Å². The van der Waals surface area contributed by atoms with Gasteiger partial charge in [0.1, 0.15) is 17.7 Å². The van der Waals surface area contributed by atoms with Crippen molar-refractivity contribution in [1.29, 1.82) is 0 Å². The third kappa shape index (κ3) is 2.96. The van der Waals surface area contributed by atoms with Crippen LogP contribution in [0.5, 0.6) is 5.75 Å². The van der Waals surface area contributed by atoms with Crippen molar-refractivity contribution in [3.8, 4) is 5.75 Å². The minimum atomic E-state index is -0.275. The Kier molecular flexibility index (Phi) is 3.97. The molecular formula is C13H18FNO2. The highest BCUT2D eigenvalue weighted by Gasteiger charge is 2.26. The van der Waals surface area contributed by atoms with E-state index in [1.807, 2.05) is 14.0 Å². The molecule has 1 aliphatic heterocycles. The molecular weight excluding hydrogens is 221 g/mol. The summed E-state index contributed by atoms with van der Waals surface area (Å²) in [4.78, 5) is 0. The van der Waals surface area contributed by atoms with Crippen molar-refractivity contribution in [3.05, 3.63) is 29.6 Å².